The molecule has 8 heteroatoms. The zero-order valence-corrected chi connectivity index (χ0v) is 11.0. The third kappa shape index (κ3) is 12.0. The van der Waals surface area contributed by atoms with Gasteiger partial charge in [0.15, 0.2) is 0 Å². The van der Waals surface area contributed by atoms with Crippen LogP contribution in [-0.4, -0.2) is 63.1 Å². The van der Waals surface area contributed by atoms with Gasteiger partial charge in [-0.3, -0.25) is 9.05 Å². The highest BCUT2D eigenvalue weighted by atomic mass is 31.2. The van der Waals surface area contributed by atoms with Gasteiger partial charge in [-0.05, 0) is 0 Å². The van der Waals surface area contributed by atoms with Crippen molar-refractivity contribution >= 4 is 8.60 Å². The molecule has 0 aromatic rings. The van der Waals surface area contributed by atoms with Crippen LogP contribution in [0, 0.1) is 12.5 Å². The quantitative estimate of drug-likeness (QED) is 0.276. The molecule has 0 saturated carbocycles. The van der Waals surface area contributed by atoms with Crippen molar-refractivity contribution in [3.63, 3.8) is 0 Å². The Morgan fingerprint density at radius 1 is 0.833 bits per heavy atom. The maximum atomic E-state index is 8.48. The van der Waals surface area contributed by atoms with E-state index in [1.165, 1.54) is 0 Å². The van der Waals surface area contributed by atoms with Crippen LogP contribution in [0.4, 0.5) is 0 Å². The highest BCUT2D eigenvalue weighted by Gasteiger charge is 2.12. The number of rotatable bonds is 13. The molecule has 0 fully saturated rings. The van der Waals surface area contributed by atoms with Gasteiger partial charge in [0.05, 0.1) is 52.9 Å². The van der Waals surface area contributed by atoms with Crippen LogP contribution in [0.25, 0.3) is 0 Å². The molecule has 0 heterocycles. The third-order valence-electron chi connectivity index (χ3n) is 1.45. The zero-order valence-electron chi connectivity index (χ0n) is 10.1. The summed E-state index contributed by atoms with van der Waals surface area (Å²) in [6, 6.07) is 0. The molecule has 0 rings (SSSR count). The molecule has 0 amide bonds. The van der Waals surface area contributed by atoms with Crippen molar-refractivity contribution in [3.05, 3.63) is 0 Å². The summed E-state index contributed by atoms with van der Waals surface area (Å²) in [4.78, 5) is 0. The van der Waals surface area contributed by atoms with E-state index in [-0.39, 0.29) is 39.6 Å². The van der Waals surface area contributed by atoms with E-state index >= 15 is 0 Å². The van der Waals surface area contributed by atoms with Crippen LogP contribution >= 0.6 is 8.60 Å². The van der Waals surface area contributed by atoms with Gasteiger partial charge in [-0.2, -0.15) is 0 Å². The molecule has 0 aliphatic rings. The van der Waals surface area contributed by atoms with Crippen LogP contribution in [0.15, 0.2) is 0 Å². The van der Waals surface area contributed by atoms with Crippen molar-refractivity contribution in [2.45, 2.75) is 0 Å². The highest BCUT2D eigenvalue weighted by Crippen LogP contribution is 2.38. The van der Waals surface area contributed by atoms with Gasteiger partial charge < -0.3 is 24.2 Å². The highest BCUT2D eigenvalue weighted by molar-refractivity contribution is 7.41. The van der Waals surface area contributed by atoms with E-state index in [1.54, 1.807) is 0 Å². The number of ether oxygens (including phenoxy) is 2. The van der Waals surface area contributed by atoms with Crippen LogP contribution in [0.2, 0.25) is 0 Å². The van der Waals surface area contributed by atoms with Gasteiger partial charge in [0.2, 0.25) is 0 Å². The number of hydrogen-bond acceptors (Lipinski definition) is 7. The Bertz CT molecular complexity index is 195. The van der Waals surface area contributed by atoms with E-state index in [4.69, 9.17) is 39.7 Å². The molecule has 0 saturated heterocycles. The second kappa shape index (κ2) is 14.6. The van der Waals surface area contributed by atoms with Crippen LogP contribution in [-0.2, 0) is 23.0 Å². The molecular formula is C10H19O7P. The summed E-state index contributed by atoms with van der Waals surface area (Å²) in [5, 5.41) is 17.0. The summed E-state index contributed by atoms with van der Waals surface area (Å²) < 4.78 is 25.2. The molecule has 0 aromatic heterocycles. The molecular weight excluding hydrogens is 263 g/mol. The summed E-state index contributed by atoms with van der Waals surface area (Å²) in [6.45, 7) is 1.59. The van der Waals surface area contributed by atoms with Crippen molar-refractivity contribution in [1.29, 1.82) is 0 Å². The minimum atomic E-state index is -1.62. The first kappa shape index (κ1) is 17.6. The number of aliphatic hydroxyl groups excluding tert-OH is 2. The lowest BCUT2D eigenvalue weighted by molar-refractivity contribution is 0.0520. The SMILES string of the molecule is C#COP(OCCOCCO)OCCOCCO. The molecule has 2 N–H and O–H groups in total. The summed E-state index contributed by atoms with van der Waals surface area (Å²) in [5.41, 5.74) is 0. The predicted octanol–water partition coefficient (Wildman–Crippen LogP) is -0.128. The third-order valence-corrected chi connectivity index (χ3v) is 2.49. The van der Waals surface area contributed by atoms with Gasteiger partial charge in [0.1, 0.15) is 6.11 Å². The molecule has 0 spiro atoms. The van der Waals surface area contributed by atoms with Crippen molar-refractivity contribution in [2.75, 3.05) is 52.9 Å². The molecule has 0 aliphatic heterocycles. The van der Waals surface area contributed by atoms with Crippen LogP contribution in [0.5, 0.6) is 0 Å². The van der Waals surface area contributed by atoms with Crippen molar-refractivity contribution in [3.8, 4) is 12.5 Å². The summed E-state index contributed by atoms with van der Waals surface area (Å²) >= 11 is 0. The van der Waals surface area contributed by atoms with Gasteiger partial charge in [0.25, 0.3) is 0 Å². The Labute approximate surface area is 108 Å². The van der Waals surface area contributed by atoms with Crippen LogP contribution in [0.1, 0.15) is 0 Å². The van der Waals surface area contributed by atoms with E-state index in [1.807, 2.05) is 6.11 Å². The largest absolute Gasteiger partial charge is 0.406 e. The molecule has 7 nitrogen and oxygen atoms in total. The number of terminal acetylenes is 1. The number of hydrogen-bond donors (Lipinski definition) is 2. The fourth-order valence-corrected chi connectivity index (χ4v) is 1.52. The molecule has 0 bridgehead atoms. The second-order valence-corrected chi connectivity index (χ2v) is 3.92. The van der Waals surface area contributed by atoms with Gasteiger partial charge in [0, 0.05) is 0 Å². The lowest BCUT2D eigenvalue weighted by Gasteiger charge is -2.13. The predicted molar refractivity (Wildman–Crippen MR) is 64.6 cm³/mol. The topological polar surface area (TPSA) is 86.6 Å². The van der Waals surface area contributed by atoms with Gasteiger partial charge in [-0.15, -0.1) is 0 Å². The average molecular weight is 282 g/mol. The van der Waals surface area contributed by atoms with Gasteiger partial charge in [-0.1, -0.05) is 6.42 Å². The summed E-state index contributed by atoms with van der Waals surface area (Å²) in [7, 11) is -1.62. The molecule has 0 radical (unpaired) electrons. The zero-order chi connectivity index (χ0) is 13.5. The van der Waals surface area contributed by atoms with E-state index in [9.17, 15) is 0 Å². The van der Waals surface area contributed by atoms with E-state index < -0.39 is 8.60 Å². The molecule has 0 atom stereocenters. The van der Waals surface area contributed by atoms with Gasteiger partial charge >= 0.3 is 8.60 Å². The molecule has 0 unspecified atom stereocenters. The van der Waals surface area contributed by atoms with Crippen molar-refractivity contribution < 1.29 is 33.3 Å². The Morgan fingerprint density at radius 2 is 1.33 bits per heavy atom. The normalized spacial score (nSPS) is 10.6. The second-order valence-electron chi connectivity index (χ2n) is 2.77. The van der Waals surface area contributed by atoms with Crippen LogP contribution in [0.3, 0.4) is 0 Å². The Balaban J connectivity index is 3.49. The monoisotopic (exact) mass is 282 g/mol. The lowest BCUT2D eigenvalue weighted by Crippen LogP contribution is -2.08. The fourth-order valence-electron chi connectivity index (χ4n) is 0.808. The standard InChI is InChI=1S/C10H19O7P/c1-2-15-18(16-9-7-13-5-3-11)17-10-8-14-6-4-12/h1,11-12H,3-10H2. The Morgan fingerprint density at radius 3 is 1.72 bits per heavy atom. The maximum absolute atomic E-state index is 8.48. The Hall–Kier alpha value is -0.450. The molecule has 0 aromatic carbocycles. The first-order chi connectivity index (χ1) is 8.85. The minimum Gasteiger partial charge on any atom is -0.394 e. The first-order valence-corrected chi connectivity index (χ1v) is 6.50. The average Bonchev–Trinajstić information content (AvgIpc) is 2.38. The first-order valence-electron chi connectivity index (χ1n) is 5.41. The summed E-state index contributed by atoms with van der Waals surface area (Å²) in [6.07, 6.45) is 6.98. The van der Waals surface area contributed by atoms with E-state index in [0.717, 1.165) is 0 Å². The van der Waals surface area contributed by atoms with Crippen molar-refractivity contribution in [1.82, 2.24) is 0 Å². The molecule has 106 valence electrons. The molecule has 18 heavy (non-hydrogen) atoms. The minimum absolute atomic E-state index is 0.0334. The smallest absolute Gasteiger partial charge is 0.394 e. The van der Waals surface area contributed by atoms with E-state index in [0.29, 0.717) is 13.2 Å². The lowest BCUT2D eigenvalue weighted by atomic mass is 10.7. The fraction of sp³-hybridized carbons (Fsp3) is 0.800. The molecule has 0 aliphatic carbocycles. The van der Waals surface area contributed by atoms with E-state index in [2.05, 4.69) is 0 Å². The maximum Gasteiger partial charge on any atom is 0.406 e. The van der Waals surface area contributed by atoms with Crippen LogP contribution < -0.4 is 0 Å². The van der Waals surface area contributed by atoms with Gasteiger partial charge in [-0.25, -0.2) is 0 Å². The van der Waals surface area contributed by atoms with Crippen molar-refractivity contribution in [2.24, 2.45) is 0 Å². The summed E-state index contributed by atoms with van der Waals surface area (Å²) in [5.74, 6) is 0. The number of aliphatic hydroxyl groups is 2. The Kier molecular flexibility index (Phi) is 14.2.